The van der Waals surface area contributed by atoms with Gasteiger partial charge >= 0.3 is 0 Å². The molecule has 172 valence electrons. The topological polar surface area (TPSA) is 93.2 Å². The molecule has 0 saturated heterocycles. The predicted octanol–water partition coefficient (Wildman–Crippen LogP) is 4.18. The Kier molecular flexibility index (Phi) is 9.09. The molecule has 0 fully saturated rings. The Morgan fingerprint density at radius 3 is 2.61 bits per heavy atom. The van der Waals surface area contributed by atoms with E-state index in [4.69, 9.17) is 16.3 Å². The van der Waals surface area contributed by atoms with Gasteiger partial charge in [-0.1, -0.05) is 65.3 Å². The molecule has 33 heavy (non-hydrogen) atoms. The second kappa shape index (κ2) is 12.2. The molecule has 0 aliphatic carbocycles. The number of ether oxygens (including phenoxy) is 1. The van der Waals surface area contributed by atoms with Crippen LogP contribution in [0, 0.1) is 6.92 Å². The Labute approximate surface area is 202 Å². The maximum Gasteiger partial charge on any atom is 0.271 e. The quantitative estimate of drug-likeness (QED) is 0.331. The smallest absolute Gasteiger partial charge is 0.271 e. The van der Waals surface area contributed by atoms with Crippen LogP contribution in [0.3, 0.4) is 0 Å². The number of carbonyl (C=O) groups is 2. The number of rotatable bonds is 10. The van der Waals surface area contributed by atoms with Gasteiger partial charge in [-0.2, -0.15) is 0 Å². The Hall–Kier alpha value is -3.10. The van der Waals surface area contributed by atoms with Crippen LogP contribution in [0.15, 0.2) is 59.9 Å². The van der Waals surface area contributed by atoms with Crippen molar-refractivity contribution in [2.45, 2.75) is 30.8 Å². The van der Waals surface area contributed by atoms with Gasteiger partial charge in [0.15, 0.2) is 10.9 Å². The number of aromatic nitrogens is 2. The predicted molar refractivity (Wildman–Crippen MR) is 130 cm³/mol. The molecule has 0 radical (unpaired) electrons. The molecule has 0 bridgehead atoms. The van der Waals surface area contributed by atoms with Crippen molar-refractivity contribution in [3.05, 3.63) is 82.1 Å². The SMILES string of the molecule is COc1ccc(CNC(=O)CCNC(=O)c2nc(SCc3cccc(C)c3)ncc2Cl)cc1. The van der Waals surface area contributed by atoms with Crippen LogP contribution in [-0.4, -0.2) is 35.4 Å². The Balaban J connectivity index is 1.46. The lowest BCUT2D eigenvalue weighted by Crippen LogP contribution is -2.31. The van der Waals surface area contributed by atoms with E-state index in [0.29, 0.717) is 17.5 Å². The minimum atomic E-state index is -0.442. The first-order valence-corrected chi connectivity index (χ1v) is 11.7. The third-order valence-electron chi connectivity index (χ3n) is 4.67. The fourth-order valence-corrected chi connectivity index (χ4v) is 3.87. The van der Waals surface area contributed by atoms with E-state index < -0.39 is 5.91 Å². The van der Waals surface area contributed by atoms with Gasteiger partial charge in [-0.3, -0.25) is 9.59 Å². The Morgan fingerprint density at radius 2 is 1.88 bits per heavy atom. The fraction of sp³-hybridized carbons (Fsp3) is 0.250. The normalized spacial score (nSPS) is 10.5. The van der Waals surface area contributed by atoms with Gasteiger partial charge in [0.05, 0.1) is 18.3 Å². The van der Waals surface area contributed by atoms with Gasteiger partial charge in [-0.15, -0.1) is 0 Å². The molecular weight excluding hydrogens is 460 g/mol. The minimum Gasteiger partial charge on any atom is -0.497 e. The number of aryl methyl sites for hydroxylation is 1. The summed E-state index contributed by atoms with van der Waals surface area (Å²) in [6.45, 7) is 2.60. The molecule has 7 nitrogen and oxygen atoms in total. The van der Waals surface area contributed by atoms with Crippen molar-refractivity contribution in [1.29, 1.82) is 0 Å². The summed E-state index contributed by atoms with van der Waals surface area (Å²) in [5.74, 6) is 0.823. The zero-order valence-electron chi connectivity index (χ0n) is 18.4. The van der Waals surface area contributed by atoms with Crippen LogP contribution in [-0.2, 0) is 17.1 Å². The summed E-state index contributed by atoms with van der Waals surface area (Å²) in [6.07, 6.45) is 1.56. The van der Waals surface area contributed by atoms with Crippen LogP contribution in [0.25, 0.3) is 0 Å². The zero-order chi connectivity index (χ0) is 23.6. The Bertz CT molecular complexity index is 1110. The number of nitrogens with zero attached hydrogens (tertiary/aromatic N) is 2. The monoisotopic (exact) mass is 484 g/mol. The zero-order valence-corrected chi connectivity index (χ0v) is 20.0. The molecule has 1 aromatic heterocycles. The van der Waals surface area contributed by atoms with Gasteiger partial charge in [0, 0.05) is 25.3 Å². The summed E-state index contributed by atoms with van der Waals surface area (Å²) in [6, 6.07) is 15.6. The first-order chi connectivity index (χ1) is 15.9. The van der Waals surface area contributed by atoms with E-state index in [0.717, 1.165) is 16.9 Å². The van der Waals surface area contributed by atoms with Crippen LogP contribution in [0.5, 0.6) is 5.75 Å². The van der Waals surface area contributed by atoms with Crippen molar-refractivity contribution in [3.63, 3.8) is 0 Å². The molecule has 2 N–H and O–H groups in total. The molecule has 0 unspecified atom stereocenters. The third-order valence-corrected chi connectivity index (χ3v) is 5.88. The van der Waals surface area contributed by atoms with Gasteiger partial charge in [0.2, 0.25) is 5.91 Å². The lowest BCUT2D eigenvalue weighted by Gasteiger charge is -2.09. The molecule has 0 aliphatic heterocycles. The van der Waals surface area contributed by atoms with E-state index in [9.17, 15) is 9.59 Å². The summed E-state index contributed by atoms with van der Waals surface area (Å²) in [7, 11) is 1.60. The average molecular weight is 485 g/mol. The van der Waals surface area contributed by atoms with Crippen LogP contribution in [0.4, 0.5) is 0 Å². The number of nitrogens with one attached hydrogen (secondary N) is 2. The first-order valence-electron chi connectivity index (χ1n) is 10.3. The number of hydrogen-bond acceptors (Lipinski definition) is 6. The largest absolute Gasteiger partial charge is 0.497 e. The highest BCUT2D eigenvalue weighted by atomic mass is 35.5. The number of amides is 2. The minimum absolute atomic E-state index is 0.0945. The van der Waals surface area contributed by atoms with Crippen molar-refractivity contribution in [3.8, 4) is 5.75 Å². The lowest BCUT2D eigenvalue weighted by molar-refractivity contribution is -0.121. The third kappa shape index (κ3) is 7.76. The number of benzene rings is 2. The van der Waals surface area contributed by atoms with E-state index >= 15 is 0 Å². The molecule has 0 aliphatic rings. The van der Waals surface area contributed by atoms with E-state index in [1.165, 1.54) is 23.5 Å². The van der Waals surface area contributed by atoms with E-state index in [1.54, 1.807) is 7.11 Å². The first kappa shape index (κ1) is 24.5. The molecule has 1 heterocycles. The van der Waals surface area contributed by atoms with Crippen molar-refractivity contribution in [2.24, 2.45) is 0 Å². The second-order valence-corrected chi connectivity index (χ2v) is 8.61. The van der Waals surface area contributed by atoms with Crippen molar-refractivity contribution < 1.29 is 14.3 Å². The van der Waals surface area contributed by atoms with Gasteiger partial charge in [-0.05, 0) is 30.2 Å². The lowest BCUT2D eigenvalue weighted by atomic mass is 10.2. The van der Waals surface area contributed by atoms with Gasteiger partial charge in [0.1, 0.15) is 5.75 Å². The summed E-state index contributed by atoms with van der Waals surface area (Å²) in [5, 5.41) is 6.14. The molecule has 2 amide bonds. The number of halogens is 1. The molecule has 3 rings (SSSR count). The highest BCUT2D eigenvalue weighted by molar-refractivity contribution is 7.98. The van der Waals surface area contributed by atoms with Gasteiger partial charge < -0.3 is 15.4 Å². The molecular formula is C24H25ClN4O3S. The van der Waals surface area contributed by atoms with E-state index in [2.05, 4.69) is 26.7 Å². The molecule has 3 aromatic rings. The summed E-state index contributed by atoms with van der Waals surface area (Å²) < 4.78 is 5.11. The van der Waals surface area contributed by atoms with E-state index in [-0.39, 0.29) is 29.6 Å². The number of thioether (sulfide) groups is 1. The molecule has 9 heteroatoms. The van der Waals surface area contributed by atoms with Crippen LogP contribution in [0.1, 0.15) is 33.6 Å². The number of methoxy groups -OCH3 is 1. The summed E-state index contributed by atoms with van der Waals surface area (Å²) in [5.41, 5.74) is 3.37. The Morgan fingerprint density at radius 1 is 1.09 bits per heavy atom. The van der Waals surface area contributed by atoms with Gasteiger partial charge in [0.25, 0.3) is 5.91 Å². The maximum absolute atomic E-state index is 12.5. The van der Waals surface area contributed by atoms with Crippen molar-refractivity contribution >= 4 is 35.2 Å². The molecule has 2 aromatic carbocycles. The summed E-state index contributed by atoms with van der Waals surface area (Å²) >= 11 is 7.55. The summed E-state index contributed by atoms with van der Waals surface area (Å²) in [4.78, 5) is 33.1. The van der Waals surface area contributed by atoms with Crippen molar-refractivity contribution in [1.82, 2.24) is 20.6 Å². The fourth-order valence-electron chi connectivity index (χ4n) is 2.94. The number of hydrogen-bond donors (Lipinski definition) is 2. The molecule has 0 spiro atoms. The number of carbonyl (C=O) groups excluding carboxylic acids is 2. The van der Waals surface area contributed by atoms with Crippen LogP contribution in [0.2, 0.25) is 5.02 Å². The second-order valence-electron chi connectivity index (χ2n) is 7.26. The van der Waals surface area contributed by atoms with Gasteiger partial charge in [-0.25, -0.2) is 9.97 Å². The molecule has 0 atom stereocenters. The standard InChI is InChI=1S/C24H25ClN4O3S/c1-16-4-3-5-18(12-16)15-33-24-28-14-20(25)22(29-24)23(31)26-11-10-21(30)27-13-17-6-8-19(32-2)9-7-17/h3-9,12,14H,10-11,13,15H2,1-2H3,(H,26,31)(H,27,30). The van der Waals surface area contributed by atoms with Crippen LogP contribution < -0.4 is 15.4 Å². The molecule has 0 saturated carbocycles. The highest BCUT2D eigenvalue weighted by Crippen LogP contribution is 2.22. The maximum atomic E-state index is 12.5. The van der Waals surface area contributed by atoms with Crippen molar-refractivity contribution in [2.75, 3.05) is 13.7 Å². The van der Waals surface area contributed by atoms with E-state index in [1.807, 2.05) is 49.4 Å². The highest BCUT2D eigenvalue weighted by Gasteiger charge is 2.15. The average Bonchev–Trinajstić information content (AvgIpc) is 2.82. The van der Waals surface area contributed by atoms with Crippen LogP contribution >= 0.6 is 23.4 Å².